The van der Waals surface area contributed by atoms with E-state index in [0.717, 1.165) is 5.56 Å². The molecule has 0 bridgehead atoms. The van der Waals surface area contributed by atoms with E-state index in [1.54, 1.807) is 30.3 Å². The van der Waals surface area contributed by atoms with Crippen LogP contribution >= 0.6 is 23.8 Å². The van der Waals surface area contributed by atoms with Crippen molar-refractivity contribution in [3.8, 4) is 11.3 Å². The van der Waals surface area contributed by atoms with E-state index in [2.05, 4.69) is 0 Å². The Labute approximate surface area is 108 Å². The van der Waals surface area contributed by atoms with E-state index in [1.165, 1.54) is 0 Å². The van der Waals surface area contributed by atoms with E-state index >= 15 is 0 Å². The highest BCUT2D eigenvalue weighted by Crippen LogP contribution is 2.26. The Hall–Kier alpha value is -1.65. The van der Waals surface area contributed by atoms with Gasteiger partial charge < -0.3 is 10.2 Å². The van der Waals surface area contributed by atoms with Gasteiger partial charge in [-0.1, -0.05) is 29.9 Å². The van der Waals surface area contributed by atoms with Crippen molar-refractivity contribution in [1.82, 2.24) is 0 Å². The highest BCUT2D eigenvalue weighted by molar-refractivity contribution is 7.80. The average molecular weight is 266 g/mol. The molecule has 5 heteroatoms. The first kappa shape index (κ1) is 11.8. The fraction of sp³-hybridized carbons (Fsp3) is 0. The summed E-state index contributed by atoms with van der Waals surface area (Å²) < 4.78 is 5.28. The van der Waals surface area contributed by atoms with E-state index in [4.69, 9.17) is 34.0 Å². The smallest absolute Gasteiger partial charge is 0.185 e. The van der Waals surface area contributed by atoms with Crippen LogP contribution in [-0.2, 0) is 0 Å². The molecule has 0 amide bonds. The van der Waals surface area contributed by atoms with Crippen LogP contribution < -0.4 is 5.73 Å². The molecule has 2 N–H and O–H groups in total. The van der Waals surface area contributed by atoms with Gasteiger partial charge in [0.25, 0.3) is 0 Å². The zero-order chi connectivity index (χ0) is 12.4. The Morgan fingerprint density at radius 3 is 2.65 bits per heavy atom. The molecule has 1 aromatic carbocycles. The highest BCUT2D eigenvalue weighted by Gasteiger charge is 2.08. The van der Waals surface area contributed by atoms with E-state index in [-0.39, 0.29) is 10.7 Å². The summed E-state index contributed by atoms with van der Waals surface area (Å²) in [7, 11) is 0. The Kier molecular flexibility index (Phi) is 3.26. The standard InChI is InChI=1S/C12H8ClNO2S/c13-10-5-7(1-3-9(10)12(14)17)11-4-2-8(6-15)16-11/h1-6H,(H2,14,17). The maximum atomic E-state index is 10.5. The maximum Gasteiger partial charge on any atom is 0.185 e. The average Bonchev–Trinajstić information content (AvgIpc) is 2.76. The van der Waals surface area contributed by atoms with Crippen molar-refractivity contribution in [3.05, 3.63) is 46.7 Å². The van der Waals surface area contributed by atoms with Crippen LogP contribution in [0.5, 0.6) is 0 Å². The van der Waals surface area contributed by atoms with Crippen molar-refractivity contribution in [2.75, 3.05) is 0 Å². The number of benzene rings is 1. The highest BCUT2D eigenvalue weighted by atomic mass is 35.5. The van der Waals surface area contributed by atoms with Crippen molar-refractivity contribution in [1.29, 1.82) is 0 Å². The third-order valence-corrected chi connectivity index (χ3v) is 2.79. The monoisotopic (exact) mass is 265 g/mol. The quantitative estimate of drug-likeness (QED) is 0.685. The van der Waals surface area contributed by atoms with Gasteiger partial charge >= 0.3 is 0 Å². The molecule has 0 aliphatic carbocycles. The van der Waals surface area contributed by atoms with Crippen LogP contribution in [0, 0.1) is 0 Å². The second-order valence-corrected chi connectivity index (χ2v) is 4.23. The molecular formula is C12H8ClNO2S. The molecule has 0 unspecified atom stereocenters. The Balaban J connectivity index is 2.43. The summed E-state index contributed by atoms with van der Waals surface area (Å²) >= 11 is 10.9. The Bertz CT molecular complexity index is 592. The van der Waals surface area contributed by atoms with E-state index in [9.17, 15) is 4.79 Å². The van der Waals surface area contributed by atoms with Gasteiger partial charge in [-0.15, -0.1) is 0 Å². The Morgan fingerprint density at radius 1 is 1.35 bits per heavy atom. The molecule has 0 aliphatic rings. The zero-order valence-electron chi connectivity index (χ0n) is 8.64. The number of carbonyl (C=O) groups excluding carboxylic acids is 1. The number of thiocarbonyl (C=S) groups is 1. The molecule has 0 spiro atoms. The van der Waals surface area contributed by atoms with E-state index in [1.807, 2.05) is 0 Å². The molecule has 2 rings (SSSR count). The van der Waals surface area contributed by atoms with Gasteiger partial charge in [0.15, 0.2) is 12.0 Å². The van der Waals surface area contributed by atoms with Crippen LogP contribution in [-0.4, -0.2) is 11.3 Å². The lowest BCUT2D eigenvalue weighted by Gasteiger charge is -2.03. The minimum Gasteiger partial charge on any atom is -0.453 e. The number of aldehydes is 1. The maximum absolute atomic E-state index is 10.5. The summed E-state index contributed by atoms with van der Waals surface area (Å²) in [5.41, 5.74) is 6.89. The molecule has 1 heterocycles. The largest absolute Gasteiger partial charge is 0.453 e. The van der Waals surface area contributed by atoms with Crippen LogP contribution in [0.4, 0.5) is 0 Å². The lowest BCUT2D eigenvalue weighted by atomic mass is 10.1. The molecule has 0 saturated carbocycles. The summed E-state index contributed by atoms with van der Waals surface area (Å²) in [5.74, 6) is 0.845. The SMILES string of the molecule is NC(=S)c1ccc(-c2ccc(C=O)o2)cc1Cl. The minimum atomic E-state index is 0.245. The predicted molar refractivity (Wildman–Crippen MR) is 70.4 cm³/mol. The fourth-order valence-corrected chi connectivity index (χ4v) is 1.96. The number of hydrogen-bond donors (Lipinski definition) is 1. The number of rotatable bonds is 3. The van der Waals surface area contributed by atoms with Gasteiger partial charge in [0, 0.05) is 11.1 Å². The van der Waals surface area contributed by atoms with Crippen molar-refractivity contribution in [2.45, 2.75) is 0 Å². The van der Waals surface area contributed by atoms with Gasteiger partial charge in [0.1, 0.15) is 10.7 Å². The van der Waals surface area contributed by atoms with Gasteiger partial charge in [0.2, 0.25) is 0 Å². The number of hydrogen-bond acceptors (Lipinski definition) is 3. The molecule has 0 radical (unpaired) electrons. The summed E-state index contributed by atoms with van der Waals surface area (Å²) in [6.07, 6.45) is 0.647. The second-order valence-electron chi connectivity index (χ2n) is 3.38. The molecule has 0 fully saturated rings. The van der Waals surface area contributed by atoms with Gasteiger partial charge in [-0.3, -0.25) is 4.79 Å². The first-order valence-corrected chi connectivity index (χ1v) is 5.55. The van der Waals surface area contributed by atoms with Crippen LogP contribution in [0.2, 0.25) is 5.02 Å². The Morgan fingerprint density at radius 2 is 2.12 bits per heavy atom. The first-order valence-electron chi connectivity index (χ1n) is 4.76. The molecule has 0 saturated heterocycles. The number of furan rings is 1. The minimum absolute atomic E-state index is 0.245. The molecule has 0 aliphatic heterocycles. The van der Waals surface area contributed by atoms with Gasteiger partial charge in [-0.25, -0.2) is 0 Å². The molecular weight excluding hydrogens is 258 g/mol. The molecule has 1 aromatic heterocycles. The third kappa shape index (κ3) is 2.38. The number of carbonyl (C=O) groups is 1. The van der Waals surface area contributed by atoms with Crippen LogP contribution in [0.3, 0.4) is 0 Å². The van der Waals surface area contributed by atoms with E-state index < -0.39 is 0 Å². The summed E-state index contributed by atoms with van der Waals surface area (Å²) in [6.45, 7) is 0. The van der Waals surface area contributed by atoms with Crippen molar-refractivity contribution < 1.29 is 9.21 Å². The molecule has 17 heavy (non-hydrogen) atoms. The fourth-order valence-electron chi connectivity index (χ4n) is 1.44. The summed E-state index contributed by atoms with van der Waals surface area (Å²) in [4.78, 5) is 10.8. The summed E-state index contributed by atoms with van der Waals surface area (Å²) in [6, 6.07) is 8.51. The van der Waals surface area contributed by atoms with E-state index in [0.29, 0.717) is 22.6 Å². The molecule has 0 atom stereocenters. The van der Waals surface area contributed by atoms with Gasteiger partial charge in [0.05, 0.1) is 5.02 Å². The summed E-state index contributed by atoms with van der Waals surface area (Å²) in [5, 5.41) is 0.457. The normalized spacial score (nSPS) is 10.2. The van der Waals surface area contributed by atoms with Gasteiger partial charge in [-0.05, 0) is 24.3 Å². The van der Waals surface area contributed by atoms with Crippen LogP contribution in [0.15, 0.2) is 34.7 Å². The third-order valence-electron chi connectivity index (χ3n) is 2.26. The molecule has 2 aromatic rings. The lowest BCUT2D eigenvalue weighted by Crippen LogP contribution is -2.09. The topological polar surface area (TPSA) is 56.2 Å². The van der Waals surface area contributed by atoms with Crippen molar-refractivity contribution in [3.63, 3.8) is 0 Å². The van der Waals surface area contributed by atoms with Gasteiger partial charge in [-0.2, -0.15) is 0 Å². The van der Waals surface area contributed by atoms with Crippen LogP contribution in [0.25, 0.3) is 11.3 Å². The zero-order valence-corrected chi connectivity index (χ0v) is 10.2. The lowest BCUT2D eigenvalue weighted by molar-refractivity contribution is 0.110. The number of nitrogens with two attached hydrogens (primary N) is 1. The first-order chi connectivity index (χ1) is 8.11. The number of halogens is 1. The second kappa shape index (κ2) is 4.69. The van der Waals surface area contributed by atoms with Crippen molar-refractivity contribution >= 4 is 35.1 Å². The molecule has 3 nitrogen and oxygen atoms in total. The van der Waals surface area contributed by atoms with Crippen molar-refractivity contribution in [2.24, 2.45) is 5.73 Å². The predicted octanol–water partition coefficient (Wildman–Crippen LogP) is 3.05. The van der Waals surface area contributed by atoms with Crippen LogP contribution in [0.1, 0.15) is 16.1 Å². The molecule has 86 valence electrons.